The van der Waals surface area contributed by atoms with Gasteiger partial charge in [-0.1, -0.05) is 45.4 Å². The van der Waals surface area contributed by atoms with Gasteiger partial charge in [0.15, 0.2) is 0 Å². The number of rotatable bonds is 10. The van der Waals surface area contributed by atoms with Crippen molar-refractivity contribution in [3.05, 3.63) is 34.9 Å². The Labute approximate surface area is 212 Å². The van der Waals surface area contributed by atoms with E-state index in [1.807, 2.05) is 0 Å². The molecule has 4 rings (SSSR count). The molecule has 198 valence electrons. The zero-order valence-corrected chi connectivity index (χ0v) is 22.2. The molecule has 1 aromatic carbocycles. The first kappa shape index (κ1) is 27.1. The molecule has 3 aliphatic carbocycles. The van der Waals surface area contributed by atoms with Gasteiger partial charge in [0.25, 0.3) is 0 Å². The molecule has 3 fully saturated rings. The average Bonchev–Trinajstić information content (AvgIpc) is 2.89. The quantitative estimate of drug-likeness (QED) is 0.286. The Hall–Kier alpha value is -0.990. The summed E-state index contributed by atoms with van der Waals surface area (Å²) in [5.74, 6) is 3.96. The Kier molecular flexibility index (Phi) is 10.5. The molecule has 0 atom stereocenters. The molecule has 0 aliphatic heterocycles. The first-order valence-corrected chi connectivity index (χ1v) is 15.1. The molecule has 35 heavy (non-hydrogen) atoms. The van der Waals surface area contributed by atoms with Crippen molar-refractivity contribution >= 4 is 0 Å². The zero-order chi connectivity index (χ0) is 24.6. The summed E-state index contributed by atoms with van der Waals surface area (Å²) in [6.07, 6.45) is 22.1. The van der Waals surface area contributed by atoms with Crippen molar-refractivity contribution in [3.8, 4) is 0 Å². The SMILES string of the molecule is CCCCC[C@H]1CC[C@H](C2CCC(C3CCC(c4cc(F)c(CCCF)c(F)c4)CC3)CC2)CC1. The summed E-state index contributed by atoms with van der Waals surface area (Å²) in [7, 11) is 0. The molecule has 3 aliphatic rings. The molecule has 0 radical (unpaired) electrons. The van der Waals surface area contributed by atoms with Crippen LogP contribution in [-0.4, -0.2) is 6.67 Å². The van der Waals surface area contributed by atoms with Crippen LogP contribution in [0, 0.1) is 41.2 Å². The van der Waals surface area contributed by atoms with Crippen LogP contribution in [0.3, 0.4) is 0 Å². The molecule has 0 N–H and O–H groups in total. The van der Waals surface area contributed by atoms with E-state index in [1.165, 1.54) is 102 Å². The molecule has 0 aromatic heterocycles. The van der Waals surface area contributed by atoms with Crippen LogP contribution in [0.5, 0.6) is 0 Å². The van der Waals surface area contributed by atoms with E-state index in [9.17, 15) is 13.2 Å². The smallest absolute Gasteiger partial charge is 0.129 e. The minimum atomic E-state index is -0.535. The number of hydrogen-bond donors (Lipinski definition) is 0. The monoisotopic (exact) mass is 490 g/mol. The Bertz CT molecular complexity index is 727. The summed E-state index contributed by atoms with van der Waals surface area (Å²) in [6.45, 7) is 1.77. The third-order valence-electron chi connectivity index (χ3n) is 10.2. The largest absolute Gasteiger partial charge is 0.251 e. The van der Waals surface area contributed by atoms with Crippen LogP contribution in [0.15, 0.2) is 12.1 Å². The molecular weight excluding hydrogens is 441 g/mol. The maximum Gasteiger partial charge on any atom is 0.129 e. The van der Waals surface area contributed by atoms with Crippen molar-refractivity contribution in [2.24, 2.45) is 29.6 Å². The molecule has 0 nitrogen and oxygen atoms in total. The molecule has 0 spiro atoms. The average molecular weight is 491 g/mol. The van der Waals surface area contributed by atoms with Crippen LogP contribution in [-0.2, 0) is 6.42 Å². The van der Waals surface area contributed by atoms with E-state index < -0.39 is 18.3 Å². The second-order valence-electron chi connectivity index (χ2n) is 12.3. The van der Waals surface area contributed by atoms with Gasteiger partial charge in [-0.25, -0.2) is 8.78 Å². The highest BCUT2D eigenvalue weighted by atomic mass is 19.1. The van der Waals surface area contributed by atoms with Gasteiger partial charge in [-0.05, 0) is 130 Å². The van der Waals surface area contributed by atoms with E-state index in [2.05, 4.69) is 6.92 Å². The van der Waals surface area contributed by atoms with E-state index in [4.69, 9.17) is 0 Å². The predicted molar refractivity (Wildman–Crippen MR) is 140 cm³/mol. The Morgan fingerprint density at radius 1 is 0.657 bits per heavy atom. The second kappa shape index (κ2) is 13.5. The minimum absolute atomic E-state index is 0.0572. The molecule has 0 unspecified atom stereocenters. The van der Waals surface area contributed by atoms with Crippen molar-refractivity contribution in [1.29, 1.82) is 0 Å². The van der Waals surface area contributed by atoms with E-state index in [0.717, 1.165) is 48.0 Å². The lowest BCUT2D eigenvalue weighted by Gasteiger charge is -2.41. The van der Waals surface area contributed by atoms with Crippen LogP contribution in [0.1, 0.15) is 133 Å². The third kappa shape index (κ3) is 7.29. The highest BCUT2D eigenvalue weighted by Crippen LogP contribution is 2.47. The fourth-order valence-corrected chi connectivity index (χ4v) is 7.98. The lowest BCUT2D eigenvalue weighted by molar-refractivity contribution is 0.108. The van der Waals surface area contributed by atoms with Gasteiger partial charge in [0.1, 0.15) is 11.6 Å². The van der Waals surface area contributed by atoms with Crippen molar-refractivity contribution in [1.82, 2.24) is 0 Å². The van der Waals surface area contributed by atoms with Crippen molar-refractivity contribution in [3.63, 3.8) is 0 Å². The Balaban J connectivity index is 1.19. The highest BCUT2D eigenvalue weighted by molar-refractivity contribution is 5.29. The number of alkyl halides is 1. The maximum absolute atomic E-state index is 14.5. The Morgan fingerprint density at radius 3 is 1.63 bits per heavy atom. The van der Waals surface area contributed by atoms with E-state index >= 15 is 0 Å². The number of benzene rings is 1. The molecule has 3 saturated carbocycles. The molecule has 0 saturated heterocycles. The molecular formula is C32H49F3. The fraction of sp³-hybridized carbons (Fsp3) is 0.812. The first-order valence-electron chi connectivity index (χ1n) is 15.1. The summed E-state index contributed by atoms with van der Waals surface area (Å²) in [5.41, 5.74) is 0.873. The third-order valence-corrected chi connectivity index (χ3v) is 10.2. The molecule has 0 amide bonds. The highest BCUT2D eigenvalue weighted by Gasteiger charge is 2.35. The normalized spacial score (nSPS) is 32.0. The zero-order valence-electron chi connectivity index (χ0n) is 22.2. The van der Waals surface area contributed by atoms with Crippen LogP contribution in [0.4, 0.5) is 13.2 Å². The van der Waals surface area contributed by atoms with Crippen LogP contribution >= 0.6 is 0 Å². The van der Waals surface area contributed by atoms with Crippen molar-refractivity contribution in [2.75, 3.05) is 6.67 Å². The summed E-state index contributed by atoms with van der Waals surface area (Å²) in [4.78, 5) is 0. The van der Waals surface area contributed by atoms with Crippen LogP contribution < -0.4 is 0 Å². The van der Waals surface area contributed by atoms with Crippen LogP contribution in [0.2, 0.25) is 0 Å². The van der Waals surface area contributed by atoms with E-state index in [0.29, 0.717) is 0 Å². The van der Waals surface area contributed by atoms with Crippen molar-refractivity contribution < 1.29 is 13.2 Å². The number of unbranched alkanes of at least 4 members (excludes halogenated alkanes) is 2. The number of halogens is 3. The minimum Gasteiger partial charge on any atom is -0.251 e. The van der Waals surface area contributed by atoms with E-state index in [1.54, 1.807) is 0 Å². The van der Waals surface area contributed by atoms with Gasteiger partial charge in [0.05, 0.1) is 6.67 Å². The van der Waals surface area contributed by atoms with Gasteiger partial charge >= 0.3 is 0 Å². The predicted octanol–water partition coefficient (Wildman–Crippen LogP) is 10.3. The number of hydrogen-bond acceptors (Lipinski definition) is 0. The summed E-state index contributed by atoms with van der Waals surface area (Å²) in [6, 6.07) is 3.07. The molecule has 1 aromatic rings. The summed E-state index contributed by atoms with van der Waals surface area (Å²) < 4.78 is 41.4. The maximum atomic E-state index is 14.5. The summed E-state index contributed by atoms with van der Waals surface area (Å²) >= 11 is 0. The lowest BCUT2D eigenvalue weighted by atomic mass is 9.64. The molecule has 0 heterocycles. The fourth-order valence-electron chi connectivity index (χ4n) is 7.98. The molecule has 3 heteroatoms. The molecule has 0 bridgehead atoms. The van der Waals surface area contributed by atoms with E-state index in [-0.39, 0.29) is 24.3 Å². The van der Waals surface area contributed by atoms with Crippen LogP contribution in [0.25, 0.3) is 0 Å². The van der Waals surface area contributed by atoms with Gasteiger partial charge in [-0.15, -0.1) is 0 Å². The van der Waals surface area contributed by atoms with Gasteiger partial charge in [0.2, 0.25) is 0 Å². The Morgan fingerprint density at radius 2 is 1.14 bits per heavy atom. The lowest BCUT2D eigenvalue weighted by Crippen LogP contribution is -2.29. The standard InChI is InChI=1S/C32H49F3/c1-2-3-4-6-23-8-10-24(11-9-23)25-12-14-26(15-13-25)27-16-18-28(19-17-27)29-21-31(34)30(7-5-20-33)32(35)22-29/h21-28H,2-20H2,1H3/t23-,24-,25?,26?,27?,28?. The van der Waals surface area contributed by atoms with Gasteiger partial charge in [0, 0.05) is 5.56 Å². The topological polar surface area (TPSA) is 0 Å². The van der Waals surface area contributed by atoms with Gasteiger partial charge in [-0.3, -0.25) is 4.39 Å². The van der Waals surface area contributed by atoms with Gasteiger partial charge in [-0.2, -0.15) is 0 Å². The van der Waals surface area contributed by atoms with Gasteiger partial charge < -0.3 is 0 Å². The first-order chi connectivity index (χ1) is 17.1. The second-order valence-corrected chi connectivity index (χ2v) is 12.3. The summed E-state index contributed by atoms with van der Waals surface area (Å²) in [5, 5.41) is 0. The van der Waals surface area contributed by atoms with Crippen molar-refractivity contribution in [2.45, 2.75) is 128 Å².